The second-order valence-electron chi connectivity index (χ2n) is 18.5. The molecule has 62 heavy (non-hydrogen) atoms. The topological polar surface area (TPSA) is 108 Å². The minimum atomic E-state index is -4.38. The van der Waals surface area contributed by atoms with E-state index in [2.05, 4.69) is 50.3 Å². The summed E-state index contributed by atoms with van der Waals surface area (Å²) in [4.78, 5) is 35.5. The van der Waals surface area contributed by atoms with E-state index in [0.29, 0.717) is 17.4 Å². The van der Waals surface area contributed by atoms with Gasteiger partial charge >= 0.3 is 19.8 Å². The summed E-state index contributed by atoms with van der Waals surface area (Å²) >= 11 is 0. The molecule has 10 heteroatoms. The second-order valence-corrected chi connectivity index (χ2v) is 20.0. The summed E-state index contributed by atoms with van der Waals surface area (Å²) < 4.78 is 34.5. The highest BCUT2D eigenvalue weighted by Crippen LogP contribution is 2.43. The van der Waals surface area contributed by atoms with Crippen molar-refractivity contribution in [3.8, 4) is 0 Å². The van der Waals surface area contributed by atoms with E-state index in [9.17, 15) is 19.0 Å². The molecule has 0 aromatic carbocycles. The normalized spacial score (nSPS) is 13.7. The molecule has 2 atom stereocenters. The van der Waals surface area contributed by atoms with Crippen molar-refractivity contribution in [3.63, 3.8) is 0 Å². The number of carbonyl (C=O) groups is 2. The number of rotatable bonds is 47. The third-order valence-corrected chi connectivity index (χ3v) is 12.1. The van der Waals surface area contributed by atoms with Crippen LogP contribution < -0.4 is 0 Å². The molecule has 0 saturated carbocycles. The molecule has 0 fully saturated rings. The maximum atomic E-state index is 12.8. The molecule has 0 aromatic rings. The zero-order chi connectivity index (χ0) is 45.7. The highest BCUT2D eigenvalue weighted by molar-refractivity contribution is 7.47. The monoisotopic (exact) mass is 897 g/mol. The van der Waals surface area contributed by atoms with Gasteiger partial charge in [0.1, 0.15) is 19.8 Å². The van der Waals surface area contributed by atoms with E-state index in [0.717, 1.165) is 44.9 Å². The van der Waals surface area contributed by atoms with E-state index >= 15 is 0 Å². The van der Waals surface area contributed by atoms with Crippen molar-refractivity contribution in [2.75, 3.05) is 47.5 Å². The Labute approximate surface area is 382 Å². The van der Waals surface area contributed by atoms with Gasteiger partial charge in [-0.05, 0) is 70.6 Å². The van der Waals surface area contributed by atoms with Gasteiger partial charge in [0.05, 0.1) is 27.7 Å². The fraction of sp³-hybridized carbons (Fsp3) is 0.846. The Hall–Kier alpha value is -1.77. The molecule has 0 saturated heterocycles. The number of allylic oxidation sites excluding steroid dienone is 6. The number of carbonyl (C=O) groups excluding carboxylic acids is 2. The highest BCUT2D eigenvalue weighted by Gasteiger charge is 2.27. The predicted octanol–water partition coefficient (Wildman–Crippen LogP) is 15.3. The zero-order valence-electron chi connectivity index (χ0n) is 41.1. The molecular formula is C52H99NO8P+. The lowest BCUT2D eigenvalue weighted by atomic mass is 10.1. The van der Waals surface area contributed by atoms with Crippen molar-refractivity contribution in [1.29, 1.82) is 0 Å². The van der Waals surface area contributed by atoms with Crippen LogP contribution in [0, 0.1) is 0 Å². The maximum absolute atomic E-state index is 12.8. The summed E-state index contributed by atoms with van der Waals surface area (Å²) in [5.41, 5.74) is 0. The predicted molar refractivity (Wildman–Crippen MR) is 261 cm³/mol. The summed E-state index contributed by atoms with van der Waals surface area (Å²) in [6.07, 6.45) is 51.9. The lowest BCUT2D eigenvalue weighted by molar-refractivity contribution is -0.870. The van der Waals surface area contributed by atoms with Crippen LogP contribution in [0.2, 0.25) is 0 Å². The lowest BCUT2D eigenvalue weighted by Gasteiger charge is -2.24. The summed E-state index contributed by atoms with van der Waals surface area (Å²) in [7, 11) is 1.48. The number of esters is 2. The Balaban J connectivity index is 4.25. The SMILES string of the molecule is CCCCC/C=C/C/C=C/CCCCCCCCCCCC(=O)OC[C@H](COP(=O)(O)OCC[N+](C)(C)C)OC(=O)CCCCCCCCCCC/C=C/CCCCCCCC. The molecule has 0 aliphatic rings. The van der Waals surface area contributed by atoms with Crippen LogP contribution in [0.15, 0.2) is 36.5 Å². The largest absolute Gasteiger partial charge is 0.472 e. The standard InChI is InChI=1S/C52H98NO8P/c1-6-8-10-12-14-16-18-20-22-24-26-28-30-32-34-36-38-40-42-44-51(54)58-48-50(49-60-62(56,57)59-47-46-53(3,4)5)61-52(55)45-43-41-39-37-35-33-31-29-27-25-23-21-19-17-15-13-11-9-7-2/h14,16,20-23,50H,6-13,15,17-19,24-49H2,1-5H3/p+1/b16-14+,22-20+,23-21+/t50-/m1/s1. The second kappa shape index (κ2) is 44.4. The number of ether oxygens (including phenoxy) is 2. The number of nitrogens with zero attached hydrogens (tertiary/aromatic N) is 1. The summed E-state index contributed by atoms with van der Waals surface area (Å²) in [5.74, 6) is -0.798. The average Bonchev–Trinajstić information content (AvgIpc) is 3.23. The fourth-order valence-electron chi connectivity index (χ4n) is 7.10. The van der Waals surface area contributed by atoms with Crippen LogP contribution in [-0.4, -0.2) is 74.9 Å². The third kappa shape index (κ3) is 47.7. The van der Waals surface area contributed by atoms with Crippen LogP contribution in [0.4, 0.5) is 0 Å². The van der Waals surface area contributed by atoms with Gasteiger partial charge in [-0.1, -0.05) is 185 Å². The number of hydrogen-bond acceptors (Lipinski definition) is 7. The minimum Gasteiger partial charge on any atom is -0.462 e. The molecule has 9 nitrogen and oxygen atoms in total. The number of phosphoric ester groups is 1. The van der Waals surface area contributed by atoms with Gasteiger partial charge in [0, 0.05) is 12.8 Å². The summed E-state index contributed by atoms with van der Waals surface area (Å²) in [6, 6.07) is 0. The summed E-state index contributed by atoms with van der Waals surface area (Å²) in [6.45, 7) is 4.42. The van der Waals surface area contributed by atoms with Crippen LogP contribution >= 0.6 is 7.82 Å². The molecular weight excluding hydrogens is 798 g/mol. The molecule has 1 unspecified atom stereocenters. The smallest absolute Gasteiger partial charge is 0.462 e. The number of quaternary nitrogens is 1. The lowest BCUT2D eigenvalue weighted by Crippen LogP contribution is -2.37. The quantitative estimate of drug-likeness (QED) is 0.0212. The van der Waals surface area contributed by atoms with Crippen LogP contribution in [0.25, 0.3) is 0 Å². The Morgan fingerprint density at radius 3 is 1.32 bits per heavy atom. The van der Waals surface area contributed by atoms with Gasteiger partial charge in [-0.3, -0.25) is 18.6 Å². The van der Waals surface area contributed by atoms with Gasteiger partial charge < -0.3 is 18.9 Å². The molecule has 0 aliphatic heterocycles. The van der Waals surface area contributed by atoms with E-state index in [-0.39, 0.29) is 32.0 Å². The van der Waals surface area contributed by atoms with Gasteiger partial charge in [-0.15, -0.1) is 0 Å². The Morgan fingerprint density at radius 2 is 0.871 bits per heavy atom. The van der Waals surface area contributed by atoms with E-state index < -0.39 is 26.5 Å². The Bertz CT molecular complexity index is 1150. The van der Waals surface area contributed by atoms with Crippen molar-refractivity contribution in [1.82, 2.24) is 0 Å². The first-order valence-electron chi connectivity index (χ1n) is 25.7. The zero-order valence-corrected chi connectivity index (χ0v) is 42.0. The molecule has 364 valence electrons. The van der Waals surface area contributed by atoms with Crippen LogP contribution in [-0.2, 0) is 32.7 Å². The van der Waals surface area contributed by atoms with Crippen LogP contribution in [0.1, 0.15) is 232 Å². The van der Waals surface area contributed by atoms with Gasteiger partial charge in [-0.25, -0.2) is 4.57 Å². The maximum Gasteiger partial charge on any atom is 0.472 e. The molecule has 0 spiro atoms. The first kappa shape index (κ1) is 60.2. The molecule has 0 bridgehead atoms. The molecule has 0 amide bonds. The third-order valence-electron chi connectivity index (χ3n) is 11.1. The van der Waals surface area contributed by atoms with Crippen molar-refractivity contribution in [2.24, 2.45) is 0 Å². The van der Waals surface area contributed by atoms with Gasteiger partial charge in [0.2, 0.25) is 0 Å². The summed E-state index contributed by atoms with van der Waals surface area (Å²) in [5, 5.41) is 0. The van der Waals surface area contributed by atoms with E-state index in [4.69, 9.17) is 18.5 Å². The number of hydrogen-bond donors (Lipinski definition) is 1. The molecule has 0 rings (SSSR count). The molecule has 1 N–H and O–H groups in total. The first-order chi connectivity index (χ1) is 30.0. The molecule has 0 radical (unpaired) electrons. The first-order valence-corrected chi connectivity index (χ1v) is 27.2. The Kier molecular flexibility index (Phi) is 43.2. The van der Waals surface area contributed by atoms with Crippen LogP contribution in [0.5, 0.6) is 0 Å². The molecule has 0 aliphatic carbocycles. The van der Waals surface area contributed by atoms with Gasteiger partial charge in [-0.2, -0.15) is 0 Å². The fourth-order valence-corrected chi connectivity index (χ4v) is 7.84. The van der Waals surface area contributed by atoms with Gasteiger partial charge in [0.15, 0.2) is 6.10 Å². The molecule has 0 aromatic heterocycles. The van der Waals surface area contributed by atoms with E-state index in [1.54, 1.807) is 0 Å². The highest BCUT2D eigenvalue weighted by atomic mass is 31.2. The van der Waals surface area contributed by atoms with Gasteiger partial charge in [0.25, 0.3) is 0 Å². The molecule has 0 heterocycles. The number of likely N-dealkylation sites (N-methyl/N-ethyl adjacent to an activating group) is 1. The van der Waals surface area contributed by atoms with Crippen molar-refractivity contribution >= 4 is 19.8 Å². The van der Waals surface area contributed by atoms with Crippen LogP contribution in [0.3, 0.4) is 0 Å². The average molecular weight is 897 g/mol. The number of unbranched alkanes of at least 4 members (excludes halogenated alkanes) is 27. The number of phosphoric acid groups is 1. The Morgan fingerprint density at radius 1 is 0.500 bits per heavy atom. The van der Waals surface area contributed by atoms with Crippen molar-refractivity contribution in [3.05, 3.63) is 36.5 Å². The van der Waals surface area contributed by atoms with E-state index in [1.807, 2.05) is 21.1 Å². The minimum absolute atomic E-state index is 0.0310. The van der Waals surface area contributed by atoms with Crippen molar-refractivity contribution < 1.29 is 42.1 Å². The van der Waals surface area contributed by atoms with Crippen molar-refractivity contribution in [2.45, 2.75) is 238 Å². The van der Waals surface area contributed by atoms with E-state index in [1.165, 1.54) is 154 Å².